The van der Waals surface area contributed by atoms with Crippen LogP contribution in [0.15, 0.2) is 91.0 Å². The maximum atomic E-state index is 9.51. The molecule has 3 aromatic carbocycles. The van der Waals surface area contributed by atoms with Crippen molar-refractivity contribution in [3.8, 4) is 0 Å². The summed E-state index contributed by atoms with van der Waals surface area (Å²) in [5.41, 5.74) is 3.37. The molecule has 0 spiro atoms. The van der Waals surface area contributed by atoms with Gasteiger partial charge in [-0.1, -0.05) is 93.6 Å². The Morgan fingerprint density at radius 2 is 1.53 bits per heavy atom. The van der Waals surface area contributed by atoms with Crippen LogP contribution in [-0.4, -0.2) is 25.0 Å². The van der Waals surface area contributed by atoms with Gasteiger partial charge in [0.1, 0.15) is 0 Å². The van der Waals surface area contributed by atoms with E-state index in [4.69, 9.17) is 9.41 Å². The van der Waals surface area contributed by atoms with Gasteiger partial charge in [0.15, 0.2) is 0 Å². The fourth-order valence-corrected chi connectivity index (χ4v) is 10.5. The second-order valence-electron chi connectivity index (χ2n) is 11.3. The van der Waals surface area contributed by atoms with Gasteiger partial charge < -0.3 is 9.53 Å². The molecule has 4 heteroatoms. The summed E-state index contributed by atoms with van der Waals surface area (Å²) in [7, 11) is -2.57. The van der Waals surface area contributed by atoms with E-state index in [1.165, 1.54) is 15.9 Å². The number of hydrogen-bond acceptors (Lipinski definition) is 3. The van der Waals surface area contributed by atoms with E-state index in [9.17, 15) is 5.11 Å². The zero-order valence-electron chi connectivity index (χ0n) is 21.7. The number of aromatic nitrogens is 1. The number of rotatable bonds is 7. The molecule has 1 aromatic heterocycles. The number of aliphatic hydroxyl groups excluding tert-OH is 1. The summed E-state index contributed by atoms with van der Waals surface area (Å²) >= 11 is 0. The summed E-state index contributed by atoms with van der Waals surface area (Å²) < 4.78 is 7.13. The Morgan fingerprint density at radius 3 is 2.11 bits per heavy atom. The standard InChI is InChI=1S/C32H37NO2Si/c1-32(2,3)36(28-10-6-4-7-11-28,29-12-8-5-9-13-29)35-23-25-15-18-30-27(21-25)17-19-31(33-30)26-16-14-24(20-26)22-34/h4-13,15,17-19,21,24,26,34H,14,16,20,22-23H2,1-3H3. The van der Waals surface area contributed by atoms with E-state index in [1.807, 2.05) is 0 Å². The molecule has 1 aliphatic rings. The maximum absolute atomic E-state index is 9.51. The van der Waals surface area contributed by atoms with E-state index in [-0.39, 0.29) is 5.04 Å². The minimum absolute atomic E-state index is 0.0449. The molecule has 0 radical (unpaired) electrons. The van der Waals surface area contributed by atoms with Gasteiger partial charge in [-0.25, -0.2) is 0 Å². The number of hydrogen-bond donors (Lipinski definition) is 1. The molecule has 2 unspecified atom stereocenters. The van der Waals surface area contributed by atoms with Crippen molar-refractivity contribution < 1.29 is 9.53 Å². The highest BCUT2D eigenvalue weighted by atomic mass is 28.4. The van der Waals surface area contributed by atoms with E-state index in [0.717, 1.165) is 35.9 Å². The molecule has 2 atom stereocenters. The van der Waals surface area contributed by atoms with Crippen molar-refractivity contribution in [2.24, 2.45) is 5.92 Å². The molecule has 5 rings (SSSR count). The van der Waals surface area contributed by atoms with Crippen LogP contribution in [0, 0.1) is 5.92 Å². The summed E-state index contributed by atoms with van der Waals surface area (Å²) in [6.07, 6.45) is 3.26. The first kappa shape index (κ1) is 24.9. The van der Waals surface area contributed by atoms with Gasteiger partial charge in [0.25, 0.3) is 8.32 Å². The fraction of sp³-hybridized carbons (Fsp3) is 0.344. The molecular weight excluding hydrogens is 458 g/mol. The lowest BCUT2D eigenvalue weighted by atomic mass is 10.00. The van der Waals surface area contributed by atoms with Crippen LogP contribution in [0.4, 0.5) is 0 Å². The van der Waals surface area contributed by atoms with Crippen LogP contribution in [0.25, 0.3) is 10.9 Å². The lowest BCUT2D eigenvalue weighted by molar-refractivity contribution is 0.228. The minimum Gasteiger partial charge on any atom is -0.403 e. The fourth-order valence-electron chi connectivity index (χ4n) is 5.97. The smallest absolute Gasteiger partial charge is 0.261 e. The Labute approximate surface area is 216 Å². The quantitative estimate of drug-likeness (QED) is 0.311. The Morgan fingerprint density at radius 1 is 0.861 bits per heavy atom. The Hall–Kier alpha value is -2.79. The van der Waals surface area contributed by atoms with Crippen LogP contribution in [0.5, 0.6) is 0 Å². The lowest BCUT2D eigenvalue weighted by Crippen LogP contribution is -2.66. The Bertz CT molecular complexity index is 1260. The van der Waals surface area contributed by atoms with Crippen LogP contribution in [0.1, 0.15) is 57.2 Å². The summed E-state index contributed by atoms with van der Waals surface area (Å²) in [6.45, 7) is 7.80. The highest BCUT2D eigenvalue weighted by Gasteiger charge is 2.50. The van der Waals surface area contributed by atoms with Crippen LogP contribution in [0.3, 0.4) is 0 Å². The predicted octanol–water partition coefficient (Wildman–Crippen LogP) is 6.19. The number of fused-ring (bicyclic) bond motifs is 1. The van der Waals surface area contributed by atoms with Crippen molar-refractivity contribution >= 4 is 29.6 Å². The largest absolute Gasteiger partial charge is 0.403 e. The van der Waals surface area contributed by atoms with Crippen LogP contribution in [0.2, 0.25) is 5.04 Å². The molecular formula is C32H37NO2Si. The van der Waals surface area contributed by atoms with Gasteiger partial charge in [-0.15, -0.1) is 0 Å². The molecule has 1 saturated carbocycles. The SMILES string of the molecule is CC(C)(C)[Si](OCc1ccc2nc(C3CCC(CO)C3)ccc2c1)(c1ccccc1)c1ccccc1. The molecule has 0 saturated heterocycles. The van der Waals surface area contributed by atoms with Crippen molar-refractivity contribution in [3.63, 3.8) is 0 Å². The zero-order chi connectivity index (χ0) is 25.2. The number of pyridine rings is 1. The lowest BCUT2D eigenvalue weighted by Gasteiger charge is -2.43. The van der Waals surface area contributed by atoms with Gasteiger partial charge in [-0.2, -0.15) is 0 Å². The van der Waals surface area contributed by atoms with Crippen molar-refractivity contribution in [2.45, 2.75) is 57.6 Å². The molecule has 0 aliphatic heterocycles. The summed E-state index contributed by atoms with van der Waals surface area (Å²) in [5, 5.41) is 13.2. The maximum Gasteiger partial charge on any atom is 0.261 e. The average Bonchev–Trinajstić information content (AvgIpc) is 3.39. The van der Waals surface area contributed by atoms with Crippen LogP contribution < -0.4 is 10.4 Å². The van der Waals surface area contributed by atoms with Gasteiger partial charge in [0, 0.05) is 23.6 Å². The van der Waals surface area contributed by atoms with Gasteiger partial charge >= 0.3 is 0 Å². The molecule has 0 amide bonds. The second-order valence-corrected chi connectivity index (χ2v) is 15.6. The molecule has 186 valence electrons. The van der Waals surface area contributed by atoms with E-state index in [2.05, 4.69) is 112 Å². The highest BCUT2D eigenvalue weighted by Crippen LogP contribution is 2.39. The molecule has 1 N–H and O–H groups in total. The first-order valence-corrected chi connectivity index (χ1v) is 15.1. The van der Waals surface area contributed by atoms with Crippen molar-refractivity contribution in [1.82, 2.24) is 4.98 Å². The average molecular weight is 496 g/mol. The van der Waals surface area contributed by atoms with Crippen molar-refractivity contribution in [1.29, 1.82) is 0 Å². The van der Waals surface area contributed by atoms with Gasteiger partial charge in [0.05, 0.1) is 12.1 Å². The van der Waals surface area contributed by atoms with E-state index in [1.54, 1.807) is 0 Å². The first-order chi connectivity index (χ1) is 17.4. The Balaban J connectivity index is 1.45. The van der Waals surface area contributed by atoms with E-state index < -0.39 is 8.32 Å². The van der Waals surface area contributed by atoms with Gasteiger partial charge in [0.2, 0.25) is 0 Å². The van der Waals surface area contributed by atoms with Crippen molar-refractivity contribution in [2.75, 3.05) is 6.61 Å². The normalized spacial score (nSPS) is 18.6. The molecule has 1 fully saturated rings. The zero-order valence-corrected chi connectivity index (χ0v) is 22.7. The molecule has 0 bridgehead atoms. The molecule has 3 nitrogen and oxygen atoms in total. The third-order valence-electron chi connectivity index (χ3n) is 7.87. The summed E-state index contributed by atoms with van der Waals surface area (Å²) in [4.78, 5) is 5.00. The summed E-state index contributed by atoms with van der Waals surface area (Å²) in [6, 6.07) is 32.5. The van der Waals surface area contributed by atoms with Gasteiger partial charge in [-0.05, 0) is 64.4 Å². The molecule has 36 heavy (non-hydrogen) atoms. The third-order valence-corrected chi connectivity index (χ3v) is 12.8. The number of aliphatic hydroxyl groups is 1. The second kappa shape index (κ2) is 10.3. The van der Waals surface area contributed by atoms with E-state index in [0.29, 0.717) is 25.0 Å². The molecule has 1 aliphatic carbocycles. The minimum atomic E-state index is -2.57. The summed E-state index contributed by atoms with van der Waals surface area (Å²) in [5.74, 6) is 0.887. The number of benzene rings is 3. The highest BCUT2D eigenvalue weighted by molar-refractivity contribution is 6.99. The third kappa shape index (κ3) is 4.78. The van der Waals surface area contributed by atoms with Crippen LogP contribution in [-0.2, 0) is 11.0 Å². The monoisotopic (exact) mass is 495 g/mol. The van der Waals surface area contributed by atoms with Gasteiger partial charge in [-0.3, -0.25) is 4.98 Å². The van der Waals surface area contributed by atoms with Crippen molar-refractivity contribution in [3.05, 3.63) is 102 Å². The topological polar surface area (TPSA) is 42.4 Å². The van der Waals surface area contributed by atoms with Crippen LogP contribution >= 0.6 is 0 Å². The molecule has 4 aromatic rings. The predicted molar refractivity (Wildman–Crippen MR) is 151 cm³/mol. The van der Waals surface area contributed by atoms with E-state index >= 15 is 0 Å². The molecule has 1 heterocycles. The first-order valence-electron chi connectivity index (χ1n) is 13.2. The Kier molecular flexibility index (Phi) is 7.11. The number of nitrogens with zero attached hydrogens (tertiary/aromatic N) is 1.